The Hall–Kier alpha value is -2.92. The summed E-state index contributed by atoms with van der Waals surface area (Å²) in [5.41, 5.74) is 2.60. The molecule has 0 aromatic heterocycles. The Morgan fingerprint density at radius 2 is 1.94 bits per heavy atom. The van der Waals surface area contributed by atoms with Crippen LogP contribution < -0.4 is 15.0 Å². The van der Waals surface area contributed by atoms with Crippen LogP contribution >= 0.6 is 11.6 Å². The van der Waals surface area contributed by atoms with Crippen LogP contribution in [0, 0.1) is 23.7 Å². The number of hydrogen-bond donors (Lipinski definition) is 2. The number of anilines is 1. The summed E-state index contributed by atoms with van der Waals surface area (Å²) in [4.78, 5) is 28.2. The SMILES string of the molecule is CO[C@H]1/C=C/C[C@H](C)[C@](C)(NC(=O)C2CC(C)(O)C2)[S-](=O)=NC(=O)c2ccc3c(c2)N(Cc2ccc(Cl)cc2CCCCO3)C[C@@H]2CC[C@H]21. The fourth-order valence-corrected chi connectivity index (χ4v) is 8.99. The topological polar surface area (TPSA) is 118 Å². The van der Waals surface area contributed by atoms with Crippen molar-refractivity contribution in [1.29, 1.82) is 0 Å². The van der Waals surface area contributed by atoms with Crippen molar-refractivity contribution < 1.29 is 28.4 Å². The number of hydrogen-bond acceptors (Lipinski definition) is 8. The third-order valence-corrected chi connectivity index (χ3v) is 13.0. The summed E-state index contributed by atoms with van der Waals surface area (Å²) in [6.07, 6.45) is 10.00. The molecular weight excluding hydrogens is 662 g/mol. The lowest BCUT2D eigenvalue weighted by Crippen LogP contribution is -2.57. The van der Waals surface area contributed by atoms with Gasteiger partial charge < -0.3 is 33.4 Å². The number of carbonyl (C=O) groups excluding carboxylic acids is 2. The van der Waals surface area contributed by atoms with Gasteiger partial charge in [0.05, 0.1) is 24.0 Å². The molecule has 0 saturated heterocycles. The van der Waals surface area contributed by atoms with E-state index in [0.29, 0.717) is 60.6 Å². The van der Waals surface area contributed by atoms with Crippen LogP contribution in [0.5, 0.6) is 5.75 Å². The number of nitrogens with one attached hydrogen (secondary N) is 1. The first-order valence-electron chi connectivity index (χ1n) is 17.6. The van der Waals surface area contributed by atoms with Gasteiger partial charge in [-0.15, -0.1) is 0 Å². The number of amides is 2. The minimum absolute atomic E-state index is 0.106. The molecule has 2 heterocycles. The summed E-state index contributed by atoms with van der Waals surface area (Å²) in [5.74, 6) is -0.312. The lowest BCUT2D eigenvalue weighted by atomic mass is 9.70. The van der Waals surface area contributed by atoms with Gasteiger partial charge >= 0.3 is 0 Å². The summed E-state index contributed by atoms with van der Waals surface area (Å²) < 4.78 is 30.7. The second-order valence-electron chi connectivity index (χ2n) is 14.9. The van der Waals surface area contributed by atoms with Gasteiger partial charge in [0.15, 0.2) is 0 Å². The van der Waals surface area contributed by atoms with Gasteiger partial charge in [-0.05, 0) is 118 Å². The smallest absolute Gasteiger partial charge is 0.254 e. The van der Waals surface area contributed by atoms with Crippen LogP contribution in [0.4, 0.5) is 5.69 Å². The van der Waals surface area contributed by atoms with Crippen molar-refractivity contribution in [1.82, 2.24) is 5.32 Å². The number of rotatable bonds is 3. The Morgan fingerprint density at radius 3 is 2.65 bits per heavy atom. The average Bonchev–Trinajstić information content (AvgIpc) is 3.07. The maximum atomic E-state index is 14.1. The van der Waals surface area contributed by atoms with E-state index in [1.165, 1.54) is 11.1 Å². The number of allylic oxidation sites excluding steroid dienone is 1. The summed E-state index contributed by atoms with van der Waals surface area (Å²) in [5, 5.41) is 14.0. The number of nitrogens with zero attached hydrogens (tertiary/aromatic N) is 2. The van der Waals surface area contributed by atoms with Gasteiger partial charge in [-0.2, -0.15) is 10.6 Å². The molecule has 2 aliphatic heterocycles. The number of benzene rings is 2. The predicted octanol–water partition coefficient (Wildman–Crippen LogP) is 6.98. The molecule has 9 nitrogen and oxygen atoms in total. The van der Waals surface area contributed by atoms with Crippen LogP contribution in [0.25, 0.3) is 0 Å². The van der Waals surface area contributed by atoms with E-state index in [1.807, 2.05) is 31.2 Å². The summed E-state index contributed by atoms with van der Waals surface area (Å²) in [6, 6.07) is 11.4. The minimum atomic E-state index is -2.12. The molecule has 2 aromatic rings. The van der Waals surface area contributed by atoms with Crippen LogP contribution in [0.15, 0.2) is 52.9 Å². The standard InChI is InChI=1S/C38H49ClN3O6S/c1-24-8-7-10-33(47-4)31-15-12-28(31)23-42-22-27-11-14-30(39)18-25(27)9-5-6-17-48-34-16-13-26(19-32(34)42)36(44)41-49(46)38(24,3)40-35(43)29-20-37(2,45)21-29/h7,10-11,13-14,16,18-19,24,28-29,31,33,45H,5-6,8-9,12,15,17,20-23H2,1-4H3,(H,40,43)/q-1/b10-7+/t24-,28-,29?,31+,33-,37?,38+/m0/s1. The van der Waals surface area contributed by atoms with Gasteiger partial charge in [0.25, 0.3) is 5.91 Å². The third kappa shape index (κ3) is 7.87. The molecule has 2 aliphatic carbocycles. The van der Waals surface area contributed by atoms with Gasteiger partial charge in [-0.25, -0.2) is 0 Å². The van der Waals surface area contributed by atoms with Crippen LogP contribution in [-0.4, -0.2) is 53.8 Å². The largest absolute Gasteiger partial charge is 0.491 e. The van der Waals surface area contributed by atoms with Crippen LogP contribution in [0.2, 0.25) is 5.02 Å². The fourth-order valence-electron chi connectivity index (χ4n) is 7.72. The zero-order valence-electron chi connectivity index (χ0n) is 29.0. The van der Waals surface area contributed by atoms with Crippen molar-refractivity contribution in [2.24, 2.45) is 28.0 Å². The fraction of sp³-hybridized carbons (Fsp3) is 0.579. The van der Waals surface area contributed by atoms with Crippen molar-refractivity contribution in [3.05, 3.63) is 70.3 Å². The summed E-state index contributed by atoms with van der Waals surface area (Å²) >= 11 is 6.45. The van der Waals surface area contributed by atoms with E-state index in [1.54, 1.807) is 27.0 Å². The molecule has 2 fully saturated rings. The van der Waals surface area contributed by atoms with Crippen LogP contribution in [0.3, 0.4) is 0 Å². The number of fused-ring (bicyclic) bond motifs is 3. The molecule has 5 atom stereocenters. The highest BCUT2D eigenvalue weighted by Gasteiger charge is 2.44. The monoisotopic (exact) mass is 710 g/mol. The minimum Gasteiger partial charge on any atom is -0.491 e. The third-order valence-electron chi connectivity index (χ3n) is 11.2. The summed E-state index contributed by atoms with van der Waals surface area (Å²) in [6.45, 7) is 7.20. The maximum absolute atomic E-state index is 14.1. The molecule has 49 heavy (non-hydrogen) atoms. The van der Waals surface area contributed by atoms with E-state index < -0.39 is 32.9 Å². The van der Waals surface area contributed by atoms with E-state index >= 15 is 0 Å². The highest BCUT2D eigenvalue weighted by molar-refractivity contribution is 7.76. The molecule has 266 valence electrons. The normalized spacial score (nSPS) is 33.2. The molecule has 2 bridgehead atoms. The molecule has 4 aliphatic rings. The molecule has 0 radical (unpaired) electrons. The second kappa shape index (κ2) is 14.7. The van der Waals surface area contributed by atoms with E-state index in [9.17, 15) is 18.9 Å². The van der Waals surface area contributed by atoms with Gasteiger partial charge in [0, 0.05) is 41.6 Å². The molecule has 2 aromatic carbocycles. The van der Waals surface area contributed by atoms with Gasteiger partial charge in [0.1, 0.15) is 5.75 Å². The van der Waals surface area contributed by atoms with E-state index in [2.05, 4.69) is 32.8 Å². The lowest BCUT2D eigenvalue weighted by Gasteiger charge is -2.45. The van der Waals surface area contributed by atoms with E-state index in [4.69, 9.17) is 21.1 Å². The van der Waals surface area contributed by atoms with Crippen LogP contribution in [0.1, 0.15) is 87.2 Å². The molecule has 2 amide bonds. The van der Waals surface area contributed by atoms with Crippen molar-refractivity contribution in [3.8, 4) is 5.75 Å². The molecule has 11 heteroatoms. The van der Waals surface area contributed by atoms with E-state index in [-0.39, 0.29) is 17.9 Å². The number of aryl methyl sites for hydroxylation is 1. The predicted molar refractivity (Wildman–Crippen MR) is 192 cm³/mol. The lowest BCUT2D eigenvalue weighted by molar-refractivity contribution is -0.140. The van der Waals surface area contributed by atoms with Gasteiger partial charge in [-0.1, -0.05) is 43.7 Å². The number of halogens is 1. The van der Waals surface area contributed by atoms with Crippen molar-refractivity contribution in [2.75, 3.05) is 25.2 Å². The first-order valence-corrected chi connectivity index (χ1v) is 19.1. The van der Waals surface area contributed by atoms with Gasteiger partial charge in [0.2, 0.25) is 5.91 Å². The van der Waals surface area contributed by atoms with Crippen LogP contribution in [-0.2, 0) is 37.3 Å². The Labute approximate surface area is 297 Å². The second-order valence-corrected chi connectivity index (χ2v) is 16.9. The Kier molecular flexibility index (Phi) is 10.8. The number of ether oxygens (including phenoxy) is 2. The quantitative estimate of drug-likeness (QED) is 0.261. The number of carbonyl (C=O) groups is 2. The first kappa shape index (κ1) is 35.9. The molecule has 0 unspecified atom stereocenters. The molecule has 0 spiro atoms. The zero-order valence-corrected chi connectivity index (χ0v) is 30.5. The zero-order chi connectivity index (χ0) is 34.9. The molecule has 6 rings (SSSR count). The number of methoxy groups -OCH3 is 1. The highest BCUT2D eigenvalue weighted by Crippen LogP contribution is 2.43. The van der Waals surface area contributed by atoms with E-state index in [0.717, 1.165) is 44.3 Å². The molecule has 2 N–H and O–H groups in total. The van der Waals surface area contributed by atoms with Crippen molar-refractivity contribution >= 4 is 39.7 Å². The summed E-state index contributed by atoms with van der Waals surface area (Å²) in [7, 11) is -0.379. The Morgan fingerprint density at radius 1 is 1.14 bits per heavy atom. The van der Waals surface area contributed by atoms with Crippen molar-refractivity contribution in [2.45, 2.75) is 95.3 Å². The number of aliphatic hydroxyl groups is 1. The van der Waals surface area contributed by atoms with Gasteiger partial charge in [-0.3, -0.25) is 9.59 Å². The highest BCUT2D eigenvalue weighted by atomic mass is 35.5. The molecular formula is C38H49ClN3O6S-. The Balaban J connectivity index is 1.42. The van der Waals surface area contributed by atoms with Crippen molar-refractivity contribution in [3.63, 3.8) is 0 Å². The first-order chi connectivity index (χ1) is 23.4. The maximum Gasteiger partial charge on any atom is 0.254 e. The molecule has 2 saturated carbocycles. The Bertz CT molecular complexity index is 1680. The average molecular weight is 711 g/mol.